The number of rotatable bonds is 3. The summed E-state index contributed by atoms with van der Waals surface area (Å²) in [4.78, 5) is 0. The molecule has 0 saturated heterocycles. The molecule has 16 heavy (non-hydrogen) atoms. The zero-order chi connectivity index (χ0) is 11.2. The van der Waals surface area contributed by atoms with E-state index in [0.29, 0.717) is 0 Å². The molecule has 1 aromatic carbocycles. The highest BCUT2D eigenvalue weighted by molar-refractivity contribution is 5.18. The SMILES string of the molecule is FC(=CCc1ccccc1)C1CCCCC1. The Morgan fingerprint density at radius 1 is 1.12 bits per heavy atom. The quantitative estimate of drug-likeness (QED) is 0.692. The summed E-state index contributed by atoms with van der Waals surface area (Å²) in [5.41, 5.74) is 1.19. The molecular weight excluding hydrogens is 199 g/mol. The molecule has 0 nitrogen and oxygen atoms in total. The fraction of sp³-hybridized carbons (Fsp3) is 0.467. The van der Waals surface area contributed by atoms with Gasteiger partial charge in [-0.25, -0.2) is 4.39 Å². The van der Waals surface area contributed by atoms with Gasteiger partial charge in [0.15, 0.2) is 0 Å². The van der Waals surface area contributed by atoms with Crippen LogP contribution in [0.1, 0.15) is 37.7 Å². The minimum Gasteiger partial charge on any atom is -0.212 e. The first-order valence-electron chi connectivity index (χ1n) is 6.26. The maximum absolute atomic E-state index is 13.8. The predicted octanol–water partition coefficient (Wildman–Crippen LogP) is 4.66. The molecule has 0 spiro atoms. The van der Waals surface area contributed by atoms with E-state index < -0.39 is 0 Å². The predicted molar refractivity (Wildman–Crippen MR) is 65.9 cm³/mol. The Morgan fingerprint density at radius 3 is 2.50 bits per heavy atom. The van der Waals surface area contributed by atoms with Crippen LogP contribution >= 0.6 is 0 Å². The van der Waals surface area contributed by atoms with Crippen molar-refractivity contribution in [1.29, 1.82) is 0 Å². The van der Waals surface area contributed by atoms with Gasteiger partial charge in [-0.15, -0.1) is 0 Å². The second-order valence-electron chi connectivity index (χ2n) is 4.61. The van der Waals surface area contributed by atoms with Crippen LogP contribution in [0.2, 0.25) is 0 Å². The summed E-state index contributed by atoms with van der Waals surface area (Å²) in [6.45, 7) is 0. The zero-order valence-electron chi connectivity index (χ0n) is 9.66. The third-order valence-electron chi connectivity index (χ3n) is 3.37. The molecule has 1 aliphatic carbocycles. The van der Waals surface area contributed by atoms with Crippen LogP contribution in [0.3, 0.4) is 0 Å². The highest BCUT2D eigenvalue weighted by Gasteiger charge is 2.17. The maximum Gasteiger partial charge on any atom is 0.0994 e. The normalized spacial score (nSPS) is 18.7. The van der Waals surface area contributed by atoms with E-state index in [1.807, 2.05) is 30.3 Å². The fourth-order valence-electron chi connectivity index (χ4n) is 2.37. The lowest BCUT2D eigenvalue weighted by Gasteiger charge is -2.19. The van der Waals surface area contributed by atoms with Crippen LogP contribution in [0, 0.1) is 5.92 Å². The van der Waals surface area contributed by atoms with Crippen molar-refractivity contribution in [2.24, 2.45) is 5.92 Å². The second kappa shape index (κ2) is 5.83. The van der Waals surface area contributed by atoms with Crippen molar-refractivity contribution in [3.63, 3.8) is 0 Å². The van der Waals surface area contributed by atoms with Gasteiger partial charge in [0.25, 0.3) is 0 Å². The third kappa shape index (κ3) is 3.19. The highest BCUT2D eigenvalue weighted by Crippen LogP contribution is 2.30. The first kappa shape index (κ1) is 11.4. The molecule has 0 heterocycles. The van der Waals surface area contributed by atoms with E-state index in [1.54, 1.807) is 6.08 Å². The molecule has 1 aliphatic rings. The summed E-state index contributed by atoms with van der Waals surface area (Å²) < 4.78 is 13.8. The van der Waals surface area contributed by atoms with E-state index in [-0.39, 0.29) is 11.7 Å². The number of hydrogen-bond donors (Lipinski definition) is 0. The van der Waals surface area contributed by atoms with E-state index >= 15 is 0 Å². The summed E-state index contributed by atoms with van der Waals surface area (Å²) in [5.74, 6) is 0.320. The molecule has 1 saturated carbocycles. The van der Waals surface area contributed by atoms with Gasteiger partial charge in [-0.3, -0.25) is 0 Å². The molecule has 0 unspecified atom stereocenters. The van der Waals surface area contributed by atoms with Crippen LogP contribution in [0.5, 0.6) is 0 Å². The largest absolute Gasteiger partial charge is 0.212 e. The Morgan fingerprint density at radius 2 is 1.81 bits per heavy atom. The molecule has 0 aromatic heterocycles. The molecule has 1 heteroatoms. The molecule has 0 bridgehead atoms. The van der Waals surface area contributed by atoms with E-state index in [2.05, 4.69) is 0 Å². The Kier molecular flexibility index (Phi) is 4.15. The standard InChI is InChI=1S/C15H19F/c16-15(14-9-5-2-6-10-14)12-11-13-7-3-1-4-8-13/h1,3-4,7-8,12,14H,2,5-6,9-11H2. The number of allylic oxidation sites excluding steroid dienone is 2. The van der Waals surface area contributed by atoms with Crippen LogP contribution in [-0.4, -0.2) is 0 Å². The summed E-state index contributed by atoms with van der Waals surface area (Å²) in [5, 5.41) is 0. The van der Waals surface area contributed by atoms with Gasteiger partial charge in [0, 0.05) is 5.92 Å². The Hall–Kier alpha value is -1.11. The van der Waals surface area contributed by atoms with Crippen molar-refractivity contribution in [3.8, 4) is 0 Å². The topological polar surface area (TPSA) is 0 Å². The van der Waals surface area contributed by atoms with Gasteiger partial charge in [-0.05, 0) is 30.9 Å². The molecule has 2 rings (SSSR count). The summed E-state index contributed by atoms with van der Waals surface area (Å²) in [6.07, 6.45) is 8.24. The summed E-state index contributed by atoms with van der Waals surface area (Å²) in [6, 6.07) is 10.1. The van der Waals surface area contributed by atoms with Crippen LogP contribution in [-0.2, 0) is 6.42 Å². The fourth-order valence-corrected chi connectivity index (χ4v) is 2.37. The molecule has 1 fully saturated rings. The van der Waals surface area contributed by atoms with Crippen LogP contribution in [0.25, 0.3) is 0 Å². The number of benzene rings is 1. The zero-order valence-corrected chi connectivity index (χ0v) is 9.66. The first-order chi connectivity index (χ1) is 7.86. The van der Waals surface area contributed by atoms with Gasteiger partial charge >= 0.3 is 0 Å². The van der Waals surface area contributed by atoms with Gasteiger partial charge < -0.3 is 0 Å². The van der Waals surface area contributed by atoms with E-state index in [9.17, 15) is 4.39 Å². The highest BCUT2D eigenvalue weighted by atomic mass is 19.1. The Balaban J connectivity index is 1.91. The van der Waals surface area contributed by atoms with E-state index in [4.69, 9.17) is 0 Å². The smallest absolute Gasteiger partial charge is 0.0994 e. The Labute approximate surface area is 97.2 Å². The van der Waals surface area contributed by atoms with Crippen molar-refractivity contribution in [2.45, 2.75) is 38.5 Å². The lowest BCUT2D eigenvalue weighted by Crippen LogP contribution is -2.06. The molecule has 0 aliphatic heterocycles. The van der Waals surface area contributed by atoms with Gasteiger partial charge in [0.2, 0.25) is 0 Å². The lowest BCUT2D eigenvalue weighted by molar-refractivity contribution is 0.346. The van der Waals surface area contributed by atoms with Gasteiger partial charge in [0.1, 0.15) is 0 Å². The van der Waals surface area contributed by atoms with E-state index in [0.717, 1.165) is 19.3 Å². The van der Waals surface area contributed by atoms with Crippen molar-refractivity contribution < 1.29 is 4.39 Å². The molecule has 1 aromatic rings. The molecule has 0 radical (unpaired) electrons. The minimum absolute atomic E-state index is 0.114. The number of halogens is 1. The Bertz CT molecular complexity index is 334. The third-order valence-corrected chi connectivity index (χ3v) is 3.37. The number of hydrogen-bond acceptors (Lipinski definition) is 0. The van der Waals surface area contributed by atoms with Crippen molar-refractivity contribution in [3.05, 3.63) is 47.8 Å². The summed E-state index contributed by atoms with van der Waals surface area (Å²) >= 11 is 0. The van der Waals surface area contributed by atoms with Crippen LogP contribution in [0.15, 0.2) is 42.2 Å². The van der Waals surface area contributed by atoms with Gasteiger partial charge in [-0.2, -0.15) is 0 Å². The van der Waals surface area contributed by atoms with Crippen molar-refractivity contribution in [2.75, 3.05) is 0 Å². The maximum atomic E-state index is 13.8. The molecule has 0 N–H and O–H groups in total. The molecule has 86 valence electrons. The average Bonchev–Trinajstić information content (AvgIpc) is 2.38. The average molecular weight is 218 g/mol. The van der Waals surface area contributed by atoms with Crippen LogP contribution < -0.4 is 0 Å². The summed E-state index contributed by atoms with van der Waals surface area (Å²) in [7, 11) is 0. The molecular formula is C15H19F. The monoisotopic (exact) mass is 218 g/mol. The van der Waals surface area contributed by atoms with Crippen LogP contribution in [0.4, 0.5) is 4.39 Å². The minimum atomic E-state index is 0.114. The molecule has 0 atom stereocenters. The lowest BCUT2D eigenvalue weighted by atomic mass is 9.88. The van der Waals surface area contributed by atoms with Gasteiger partial charge in [-0.1, -0.05) is 49.6 Å². The van der Waals surface area contributed by atoms with E-state index in [1.165, 1.54) is 24.8 Å². The van der Waals surface area contributed by atoms with Crippen molar-refractivity contribution in [1.82, 2.24) is 0 Å². The second-order valence-corrected chi connectivity index (χ2v) is 4.61. The van der Waals surface area contributed by atoms with Crippen molar-refractivity contribution >= 4 is 0 Å². The molecule has 0 amide bonds. The first-order valence-corrected chi connectivity index (χ1v) is 6.26. The van der Waals surface area contributed by atoms with Gasteiger partial charge in [0.05, 0.1) is 5.83 Å².